The molecule has 3 N–H and O–H groups in total. The maximum atomic E-state index is 12.2. The Hall–Kier alpha value is -1.39. The summed E-state index contributed by atoms with van der Waals surface area (Å²) < 4.78 is 41.2. The second-order valence-corrected chi connectivity index (χ2v) is 3.22. The second-order valence-electron chi connectivity index (χ2n) is 3.22. The van der Waals surface area contributed by atoms with Crippen LogP contribution in [0.4, 0.5) is 19.1 Å². The van der Waals surface area contributed by atoms with E-state index in [2.05, 4.69) is 20.7 Å². The van der Waals surface area contributed by atoms with Gasteiger partial charge in [0.15, 0.2) is 0 Å². The third kappa shape index (κ3) is 6.36. The van der Waals surface area contributed by atoms with Gasteiger partial charge in [-0.05, 0) is 0 Å². The Morgan fingerprint density at radius 1 is 1.47 bits per heavy atom. The Kier molecular flexibility index (Phi) is 7.34. The fourth-order valence-corrected chi connectivity index (χ4v) is 0.990. The summed E-state index contributed by atoms with van der Waals surface area (Å²) in [5.41, 5.74) is 0. The van der Waals surface area contributed by atoms with Crippen molar-refractivity contribution in [1.29, 1.82) is 0 Å². The Morgan fingerprint density at radius 2 is 2.16 bits per heavy atom. The number of halogens is 4. The number of ether oxygens (including phenoxy) is 1. The number of hydrogen-bond donors (Lipinski definition) is 3. The maximum absolute atomic E-state index is 12.2. The first-order valence-corrected chi connectivity index (χ1v) is 4.92. The van der Waals surface area contributed by atoms with Crippen LogP contribution in [-0.2, 0) is 15.7 Å². The molecule has 0 fully saturated rings. The first-order chi connectivity index (χ1) is 8.43. The summed E-state index contributed by atoms with van der Waals surface area (Å²) >= 11 is 0. The highest BCUT2D eigenvalue weighted by Crippen LogP contribution is 2.26. The number of amides is 1. The lowest BCUT2D eigenvalue weighted by Crippen LogP contribution is -2.30. The van der Waals surface area contributed by atoms with Crippen molar-refractivity contribution in [2.24, 2.45) is 0 Å². The van der Waals surface area contributed by atoms with Gasteiger partial charge in [-0.15, -0.1) is 17.5 Å². The minimum absolute atomic E-state index is 0. The molecule has 0 saturated heterocycles. The van der Waals surface area contributed by atoms with Gasteiger partial charge in [-0.2, -0.15) is 18.2 Å². The highest BCUT2D eigenvalue weighted by Gasteiger charge is 2.35. The SMILES string of the molecule is COCCNCC(=O)Nc1n[nH]c(C(F)(F)F)n1.Cl. The average Bonchev–Trinajstić information content (AvgIpc) is 2.72. The summed E-state index contributed by atoms with van der Waals surface area (Å²) in [7, 11) is 1.51. The predicted molar refractivity (Wildman–Crippen MR) is 62.0 cm³/mol. The molecule has 11 heteroatoms. The smallest absolute Gasteiger partial charge is 0.383 e. The van der Waals surface area contributed by atoms with Crippen LogP contribution in [0.3, 0.4) is 0 Å². The minimum atomic E-state index is -4.62. The molecule has 0 radical (unpaired) electrons. The van der Waals surface area contributed by atoms with Gasteiger partial charge in [-0.3, -0.25) is 15.2 Å². The molecule has 110 valence electrons. The molecule has 19 heavy (non-hydrogen) atoms. The Morgan fingerprint density at radius 3 is 2.68 bits per heavy atom. The number of alkyl halides is 3. The highest BCUT2D eigenvalue weighted by atomic mass is 35.5. The normalized spacial score (nSPS) is 10.9. The van der Waals surface area contributed by atoms with Crippen molar-refractivity contribution in [3.63, 3.8) is 0 Å². The standard InChI is InChI=1S/C8H12F3N5O2.ClH/c1-18-3-2-12-4-5(17)13-7-14-6(15-16-7)8(9,10)11;/h12H,2-4H2,1H3,(H2,13,14,15,16,17);1H. The molecule has 0 aliphatic rings. The van der Waals surface area contributed by atoms with E-state index in [0.717, 1.165) is 0 Å². The molecule has 1 rings (SSSR count). The summed E-state index contributed by atoms with van der Waals surface area (Å²) in [5, 5.41) is 9.75. The van der Waals surface area contributed by atoms with Crippen LogP contribution in [0.15, 0.2) is 0 Å². The van der Waals surface area contributed by atoms with Gasteiger partial charge in [-0.1, -0.05) is 0 Å². The summed E-state index contributed by atoms with van der Waals surface area (Å²) in [6.07, 6.45) is -4.62. The van der Waals surface area contributed by atoms with Gasteiger partial charge in [-0.25, -0.2) is 0 Å². The molecule has 0 saturated carbocycles. The van der Waals surface area contributed by atoms with Crippen molar-refractivity contribution < 1.29 is 22.7 Å². The molecule has 0 spiro atoms. The Bertz CT molecular complexity index is 398. The van der Waals surface area contributed by atoms with Gasteiger partial charge in [0.05, 0.1) is 13.2 Å². The average molecular weight is 304 g/mol. The molecule has 0 atom stereocenters. The molecule has 1 aromatic heterocycles. The third-order valence-electron chi connectivity index (χ3n) is 1.77. The van der Waals surface area contributed by atoms with E-state index < -0.39 is 23.9 Å². The van der Waals surface area contributed by atoms with E-state index >= 15 is 0 Å². The number of nitrogens with zero attached hydrogens (tertiary/aromatic N) is 2. The summed E-state index contributed by atoms with van der Waals surface area (Å²) in [4.78, 5) is 14.3. The van der Waals surface area contributed by atoms with Crippen LogP contribution in [0.25, 0.3) is 0 Å². The van der Waals surface area contributed by atoms with E-state index in [1.54, 1.807) is 5.10 Å². The molecule has 0 bridgehead atoms. The number of hydrogen-bond acceptors (Lipinski definition) is 5. The van der Waals surface area contributed by atoms with Gasteiger partial charge in [0.25, 0.3) is 0 Å². The van der Waals surface area contributed by atoms with Gasteiger partial charge < -0.3 is 10.1 Å². The second kappa shape index (κ2) is 7.92. The lowest BCUT2D eigenvalue weighted by molar-refractivity contribution is -0.144. The molecule has 1 amide bonds. The number of aromatic nitrogens is 3. The summed E-state index contributed by atoms with van der Waals surface area (Å²) in [5.74, 6) is -2.22. The van der Waals surface area contributed by atoms with Crippen LogP contribution in [0, 0.1) is 0 Å². The van der Waals surface area contributed by atoms with Crippen LogP contribution in [0.2, 0.25) is 0 Å². The number of carbonyl (C=O) groups excluding carboxylic acids is 1. The first kappa shape index (κ1) is 17.6. The van der Waals surface area contributed by atoms with Gasteiger partial charge in [0.2, 0.25) is 17.7 Å². The van der Waals surface area contributed by atoms with Gasteiger partial charge in [0, 0.05) is 13.7 Å². The molecule has 7 nitrogen and oxygen atoms in total. The number of methoxy groups -OCH3 is 1. The lowest BCUT2D eigenvalue weighted by atomic mass is 10.5. The quantitative estimate of drug-likeness (QED) is 0.663. The van der Waals surface area contributed by atoms with Crippen molar-refractivity contribution >= 4 is 24.3 Å². The third-order valence-corrected chi connectivity index (χ3v) is 1.77. The zero-order valence-corrected chi connectivity index (χ0v) is 10.7. The molecule has 1 heterocycles. The van der Waals surface area contributed by atoms with Crippen molar-refractivity contribution in [3.8, 4) is 0 Å². The number of aromatic amines is 1. The number of anilines is 1. The van der Waals surface area contributed by atoms with Gasteiger partial charge in [0.1, 0.15) is 0 Å². The van der Waals surface area contributed by atoms with E-state index in [1.165, 1.54) is 7.11 Å². The summed E-state index contributed by atoms with van der Waals surface area (Å²) in [6, 6.07) is 0. The molecular weight excluding hydrogens is 291 g/mol. The van der Waals surface area contributed by atoms with Crippen molar-refractivity contribution in [3.05, 3.63) is 5.82 Å². The zero-order valence-electron chi connectivity index (χ0n) is 9.87. The summed E-state index contributed by atoms with van der Waals surface area (Å²) in [6.45, 7) is 0.803. The Labute approximate surface area is 112 Å². The van der Waals surface area contributed by atoms with Crippen molar-refractivity contribution in [1.82, 2.24) is 20.5 Å². The van der Waals surface area contributed by atoms with Crippen molar-refractivity contribution in [2.45, 2.75) is 6.18 Å². The van der Waals surface area contributed by atoms with Crippen LogP contribution < -0.4 is 10.6 Å². The van der Waals surface area contributed by atoms with E-state index in [4.69, 9.17) is 4.74 Å². The molecule has 1 aromatic rings. The molecule has 0 aliphatic heterocycles. The molecule has 0 unspecified atom stereocenters. The zero-order chi connectivity index (χ0) is 13.6. The fourth-order valence-electron chi connectivity index (χ4n) is 0.990. The molecule has 0 aromatic carbocycles. The molecule has 0 aliphatic carbocycles. The van der Waals surface area contributed by atoms with Gasteiger partial charge >= 0.3 is 6.18 Å². The monoisotopic (exact) mass is 303 g/mol. The highest BCUT2D eigenvalue weighted by molar-refractivity contribution is 5.90. The van der Waals surface area contributed by atoms with Crippen LogP contribution in [0.5, 0.6) is 0 Å². The number of H-pyrrole nitrogens is 1. The largest absolute Gasteiger partial charge is 0.451 e. The predicted octanol–water partition coefficient (Wildman–Crippen LogP) is 0.420. The van der Waals surface area contributed by atoms with E-state index in [-0.39, 0.29) is 19.0 Å². The molecular formula is C8H13ClF3N5O2. The first-order valence-electron chi connectivity index (χ1n) is 4.92. The van der Waals surface area contributed by atoms with Crippen LogP contribution in [0.1, 0.15) is 5.82 Å². The number of rotatable bonds is 6. The van der Waals surface area contributed by atoms with E-state index in [0.29, 0.717) is 13.2 Å². The van der Waals surface area contributed by atoms with E-state index in [1.807, 2.05) is 0 Å². The van der Waals surface area contributed by atoms with Crippen LogP contribution >= 0.6 is 12.4 Å². The van der Waals surface area contributed by atoms with Crippen LogP contribution in [-0.4, -0.2) is 47.9 Å². The number of nitrogens with one attached hydrogen (secondary N) is 3. The Balaban J connectivity index is 0.00000324. The van der Waals surface area contributed by atoms with Crippen molar-refractivity contribution in [2.75, 3.05) is 32.1 Å². The number of carbonyl (C=O) groups is 1. The maximum Gasteiger partial charge on any atom is 0.451 e. The topological polar surface area (TPSA) is 91.9 Å². The minimum Gasteiger partial charge on any atom is -0.383 e. The lowest BCUT2D eigenvalue weighted by Gasteiger charge is -2.03. The fraction of sp³-hybridized carbons (Fsp3) is 0.625. The van der Waals surface area contributed by atoms with E-state index in [9.17, 15) is 18.0 Å².